The average molecular weight is 584 g/mol. The SMILES string of the molecule is Cc1ccc([C@@H]2CCC[C@H](CCc3cc(C(=O)N4CCC(N5CCC(N(C)S(C)(=O)=O)CC5)CC4)ncn3)O2)cc1. The van der Waals surface area contributed by atoms with Gasteiger partial charge in [-0.3, -0.25) is 4.79 Å². The zero-order valence-corrected chi connectivity index (χ0v) is 25.6. The molecule has 3 aliphatic rings. The van der Waals surface area contributed by atoms with Crippen LogP contribution in [-0.4, -0.2) is 96.1 Å². The lowest BCUT2D eigenvalue weighted by atomic mass is 9.95. The molecule has 1 amide bonds. The van der Waals surface area contributed by atoms with Gasteiger partial charge in [0.05, 0.1) is 18.5 Å². The van der Waals surface area contributed by atoms with Crippen LogP contribution < -0.4 is 0 Å². The molecule has 41 heavy (non-hydrogen) atoms. The van der Waals surface area contributed by atoms with Crippen molar-refractivity contribution in [1.82, 2.24) is 24.1 Å². The normalized spacial score (nSPS) is 23.7. The van der Waals surface area contributed by atoms with E-state index < -0.39 is 10.0 Å². The van der Waals surface area contributed by atoms with Crippen molar-refractivity contribution in [3.05, 3.63) is 59.2 Å². The molecule has 0 radical (unpaired) electrons. The summed E-state index contributed by atoms with van der Waals surface area (Å²) >= 11 is 0. The molecule has 1 aromatic heterocycles. The number of aromatic nitrogens is 2. The highest BCUT2D eigenvalue weighted by molar-refractivity contribution is 7.88. The Labute approximate surface area is 245 Å². The van der Waals surface area contributed by atoms with Crippen LogP contribution in [0.5, 0.6) is 0 Å². The van der Waals surface area contributed by atoms with Crippen LogP contribution in [0, 0.1) is 6.92 Å². The van der Waals surface area contributed by atoms with Crippen molar-refractivity contribution < 1.29 is 17.9 Å². The number of carbonyl (C=O) groups excluding carboxylic acids is 1. The van der Waals surface area contributed by atoms with Gasteiger partial charge in [0.1, 0.15) is 12.0 Å². The number of carbonyl (C=O) groups is 1. The number of piperidine rings is 2. The van der Waals surface area contributed by atoms with Gasteiger partial charge in [-0.2, -0.15) is 0 Å². The molecule has 0 bridgehead atoms. The standard InChI is InChI=1S/C31H45N5O4S/c1-23-7-9-24(10-8-23)30-6-4-5-28(40-30)12-11-25-21-29(33-22-32-25)31(37)36-19-15-27(16-20-36)35-17-13-26(14-18-35)34(2)41(3,38)39/h7-10,21-22,26-28,30H,4-6,11-20H2,1-3H3/t28-,30+/m1/s1. The number of hydrogen-bond acceptors (Lipinski definition) is 7. The van der Waals surface area contributed by atoms with Crippen molar-refractivity contribution in [3.63, 3.8) is 0 Å². The second-order valence-electron chi connectivity index (χ2n) is 12.1. The number of amides is 1. The number of ether oxygens (including phenoxy) is 1. The van der Waals surface area contributed by atoms with E-state index >= 15 is 0 Å². The van der Waals surface area contributed by atoms with E-state index in [9.17, 15) is 13.2 Å². The fourth-order valence-electron chi connectivity index (χ4n) is 6.58. The van der Waals surface area contributed by atoms with Crippen LogP contribution in [0.1, 0.15) is 84.8 Å². The highest BCUT2D eigenvalue weighted by atomic mass is 32.2. The molecular formula is C31H45N5O4S. The van der Waals surface area contributed by atoms with Gasteiger partial charge in [-0.05, 0) is 89.4 Å². The lowest BCUT2D eigenvalue weighted by Gasteiger charge is -2.42. The summed E-state index contributed by atoms with van der Waals surface area (Å²) in [6, 6.07) is 11.0. The molecule has 0 saturated carbocycles. The van der Waals surface area contributed by atoms with E-state index in [4.69, 9.17) is 4.74 Å². The molecule has 2 atom stereocenters. The summed E-state index contributed by atoms with van der Waals surface area (Å²) in [5.41, 5.74) is 3.88. The third-order valence-corrected chi connectivity index (χ3v) is 10.6. The zero-order valence-electron chi connectivity index (χ0n) is 24.7. The molecule has 4 heterocycles. The first-order chi connectivity index (χ1) is 19.7. The van der Waals surface area contributed by atoms with Crippen LogP contribution in [0.2, 0.25) is 0 Å². The van der Waals surface area contributed by atoms with Gasteiger partial charge in [-0.1, -0.05) is 29.8 Å². The number of aryl methyl sites for hydroxylation is 2. The van der Waals surface area contributed by atoms with Gasteiger partial charge < -0.3 is 14.5 Å². The predicted octanol–water partition coefficient (Wildman–Crippen LogP) is 3.99. The Morgan fingerprint density at radius 2 is 1.71 bits per heavy atom. The van der Waals surface area contributed by atoms with Gasteiger partial charge in [0.25, 0.3) is 5.91 Å². The molecule has 0 unspecified atom stereocenters. The summed E-state index contributed by atoms with van der Waals surface area (Å²) in [5.74, 6) is -0.0195. The van der Waals surface area contributed by atoms with Crippen LogP contribution in [0.25, 0.3) is 0 Å². The van der Waals surface area contributed by atoms with E-state index in [1.54, 1.807) is 7.05 Å². The summed E-state index contributed by atoms with van der Waals surface area (Å²) < 4.78 is 31.7. The maximum atomic E-state index is 13.3. The highest BCUT2D eigenvalue weighted by Crippen LogP contribution is 2.33. The fourth-order valence-corrected chi connectivity index (χ4v) is 7.33. The van der Waals surface area contributed by atoms with Crippen LogP contribution in [-0.2, 0) is 21.2 Å². The van der Waals surface area contributed by atoms with Crippen molar-refractivity contribution in [2.24, 2.45) is 0 Å². The molecule has 3 fully saturated rings. The van der Waals surface area contributed by atoms with Gasteiger partial charge >= 0.3 is 0 Å². The van der Waals surface area contributed by atoms with E-state index in [2.05, 4.69) is 46.1 Å². The van der Waals surface area contributed by atoms with Crippen molar-refractivity contribution in [1.29, 1.82) is 0 Å². The van der Waals surface area contributed by atoms with E-state index in [0.29, 0.717) is 24.8 Å². The fraction of sp³-hybridized carbons (Fsp3) is 0.645. The Balaban J connectivity index is 1.08. The molecule has 3 saturated heterocycles. The van der Waals surface area contributed by atoms with Gasteiger partial charge in [-0.25, -0.2) is 22.7 Å². The van der Waals surface area contributed by atoms with Crippen molar-refractivity contribution in [2.75, 3.05) is 39.5 Å². The molecular weight excluding hydrogens is 538 g/mol. The highest BCUT2D eigenvalue weighted by Gasteiger charge is 2.33. The van der Waals surface area contributed by atoms with E-state index in [0.717, 1.165) is 76.6 Å². The monoisotopic (exact) mass is 583 g/mol. The average Bonchev–Trinajstić information content (AvgIpc) is 3.00. The summed E-state index contributed by atoms with van der Waals surface area (Å²) in [6.45, 7) is 5.32. The maximum Gasteiger partial charge on any atom is 0.272 e. The first-order valence-electron chi connectivity index (χ1n) is 15.2. The molecule has 224 valence electrons. The second kappa shape index (κ2) is 13.3. The zero-order chi connectivity index (χ0) is 29.0. The topological polar surface area (TPSA) is 95.9 Å². The number of benzene rings is 1. The van der Waals surface area contributed by atoms with Crippen LogP contribution >= 0.6 is 0 Å². The summed E-state index contributed by atoms with van der Waals surface area (Å²) in [4.78, 5) is 26.5. The molecule has 2 aromatic rings. The summed E-state index contributed by atoms with van der Waals surface area (Å²) in [5, 5.41) is 0. The van der Waals surface area contributed by atoms with Crippen LogP contribution in [0.3, 0.4) is 0 Å². The van der Waals surface area contributed by atoms with Crippen LogP contribution in [0.15, 0.2) is 36.7 Å². The smallest absolute Gasteiger partial charge is 0.272 e. The molecule has 9 nitrogen and oxygen atoms in total. The van der Waals surface area contributed by atoms with E-state index in [1.807, 2.05) is 11.0 Å². The van der Waals surface area contributed by atoms with Crippen molar-refractivity contribution >= 4 is 15.9 Å². The largest absolute Gasteiger partial charge is 0.370 e. The summed E-state index contributed by atoms with van der Waals surface area (Å²) in [6.07, 6.45) is 11.6. The van der Waals surface area contributed by atoms with Crippen molar-refractivity contribution in [3.8, 4) is 0 Å². The molecule has 0 N–H and O–H groups in total. The Bertz CT molecular complexity index is 1270. The minimum atomic E-state index is -3.16. The number of likely N-dealkylation sites (tertiary alicyclic amines) is 2. The molecule has 0 spiro atoms. The molecule has 0 aliphatic carbocycles. The molecule has 3 aliphatic heterocycles. The molecule has 10 heteroatoms. The quantitative estimate of drug-likeness (QED) is 0.464. The molecule has 5 rings (SSSR count). The van der Waals surface area contributed by atoms with E-state index in [1.165, 1.54) is 28.0 Å². The van der Waals surface area contributed by atoms with Gasteiger partial charge in [0, 0.05) is 37.9 Å². The maximum absolute atomic E-state index is 13.3. The van der Waals surface area contributed by atoms with Crippen LogP contribution in [0.4, 0.5) is 0 Å². The Morgan fingerprint density at radius 3 is 2.39 bits per heavy atom. The van der Waals surface area contributed by atoms with E-state index in [-0.39, 0.29) is 24.2 Å². The second-order valence-corrected chi connectivity index (χ2v) is 14.1. The van der Waals surface area contributed by atoms with Gasteiger partial charge in [0.15, 0.2) is 0 Å². The Kier molecular flexibility index (Phi) is 9.74. The number of sulfonamides is 1. The number of hydrogen-bond donors (Lipinski definition) is 0. The molecule has 1 aromatic carbocycles. The number of nitrogens with zero attached hydrogens (tertiary/aromatic N) is 5. The van der Waals surface area contributed by atoms with Gasteiger partial charge in [-0.15, -0.1) is 0 Å². The van der Waals surface area contributed by atoms with Gasteiger partial charge in [0.2, 0.25) is 10.0 Å². The third kappa shape index (κ3) is 7.71. The predicted molar refractivity (Wildman–Crippen MR) is 159 cm³/mol. The minimum Gasteiger partial charge on any atom is -0.370 e. The first-order valence-corrected chi connectivity index (χ1v) is 17.0. The Hall–Kier alpha value is -2.40. The van der Waals surface area contributed by atoms with Crippen molar-refractivity contribution in [2.45, 2.75) is 89.0 Å². The summed E-state index contributed by atoms with van der Waals surface area (Å²) in [7, 11) is -1.48. The first kappa shape index (κ1) is 30.1. The third-order valence-electron chi connectivity index (χ3n) is 9.27. The lowest BCUT2D eigenvalue weighted by molar-refractivity contribution is -0.0547. The Morgan fingerprint density at radius 1 is 1.00 bits per heavy atom. The minimum absolute atomic E-state index is 0.0195. The lowest BCUT2D eigenvalue weighted by Crippen LogP contribution is -2.52. The number of rotatable bonds is 8.